The lowest BCUT2D eigenvalue weighted by Gasteiger charge is -2.37. The molecule has 0 aliphatic carbocycles. The van der Waals surface area contributed by atoms with E-state index >= 15 is 0 Å². The zero-order valence-corrected chi connectivity index (χ0v) is 27.5. The molecule has 2 aliphatic rings. The van der Waals surface area contributed by atoms with E-state index in [0.717, 1.165) is 51.7 Å². The summed E-state index contributed by atoms with van der Waals surface area (Å²) in [6, 6.07) is 8.73. The van der Waals surface area contributed by atoms with E-state index in [0.29, 0.717) is 12.8 Å². The molecule has 6 N–H and O–H groups in total. The number of nitrogens with one attached hydrogen (secondary N) is 2. The van der Waals surface area contributed by atoms with Gasteiger partial charge in [0.2, 0.25) is 29.5 Å². The van der Waals surface area contributed by atoms with Crippen molar-refractivity contribution in [2.45, 2.75) is 56.8 Å². The number of rotatable bonds is 12. The van der Waals surface area contributed by atoms with E-state index in [9.17, 15) is 43.1 Å². The minimum atomic E-state index is -4.45. The molecule has 0 spiro atoms. The molecule has 2 fully saturated rings. The molecule has 4 atom stereocenters. The van der Waals surface area contributed by atoms with Gasteiger partial charge in [0.1, 0.15) is 24.2 Å². The van der Waals surface area contributed by atoms with Crippen molar-refractivity contribution < 1.29 is 43.1 Å². The second kappa shape index (κ2) is 15.4. The highest BCUT2D eigenvalue weighted by Crippen LogP contribution is 2.39. The van der Waals surface area contributed by atoms with E-state index < -0.39 is 72.0 Å². The molecule has 1 unspecified atom stereocenters. The Hall–Kier alpha value is -3.43. The minimum absolute atomic E-state index is 0.0265. The predicted molar refractivity (Wildman–Crippen MR) is 174 cm³/mol. The zero-order valence-electron chi connectivity index (χ0n) is 25.0. The number of imide groups is 1. The number of carbonyl (C=O) groups excluding carboxylic acids is 6. The summed E-state index contributed by atoms with van der Waals surface area (Å²) in [5.41, 5.74) is 5.81. The predicted octanol–water partition coefficient (Wildman–Crippen LogP) is 1.17. The van der Waals surface area contributed by atoms with Gasteiger partial charge < -0.3 is 31.1 Å². The van der Waals surface area contributed by atoms with E-state index in [2.05, 4.69) is 10.6 Å². The number of amides is 6. The number of hydrogen-bond donors (Lipinski definition) is 5. The molecule has 0 bridgehead atoms. The molecule has 2 aromatic carbocycles. The Morgan fingerprint density at radius 3 is 2.37 bits per heavy atom. The first-order valence-corrected chi connectivity index (χ1v) is 18.5. The lowest BCUT2D eigenvalue weighted by molar-refractivity contribution is -0.145. The van der Waals surface area contributed by atoms with Crippen LogP contribution in [0.2, 0.25) is 0 Å². The number of primary amides is 1. The van der Waals surface area contributed by atoms with E-state index in [4.69, 9.17) is 5.73 Å². The molecule has 2 aliphatic heterocycles. The summed E-state index contributed by atoms with van der Waals surface area (Å²) in [5.74, 6) is -3.75. The Kier molecular flexibility index (Phi) is 11.9. The molecule has 46 heavy (non-hydrogen) atoms. The summed E-state index contributed by atoms with van der Waals surface area (Å²) in [6.45, 7) is 1.29. The Labute approximate surface area is 273 Å². The van der Waals surface area contributed by atoms with Crippen LogP contribution in [0, 0.1) is 0 Å². The van der Waals surface area contributed by atoms with E-state index in [-0.39, 0.29) is 30.9 Å². The summed E-state index contributed by atoms with van der Waals surface area (Å²) >= 11 is 1.52. The molecule has 14 nitrogen and oxygen atoms in total. The fraction of sp³-hybridized carbons (Fsp3) is 0.448. The molecule has 4 rings (SSSR count). The second-order valence-corrected chi connectivity index (χ2v) is 15.2. The highest BCUT2D eigenvalue weighted by atomic mass is 32.2. The molecule has 248 valence electrons. The van der Waals surface area contributed by atoms with Gasteiger partial charge in [-0.05, 0) is 35.6 Å². The minimum Gasteiger partial charge on any atom is -0.368 e. The van der Waals surface area contributed by atoms with Gasteiger partial charge in [0.15, 0.2) is 0 Å². The molecule has 0 radical (unpaired) electrons. The average molecular weight is 694 g/mol. The van der Waals surface area contributed by atoms with Crippen molar-refractivity contribution in [1.82, 2.24) is 20.4 Å². The van der Waals surface area contributed by atoms with Crippen LogP contribution in [-0.2, 0) is 35.0 Å². The smallest absolute Gasteiger partial charge is 0.335 e. The topological polar surface area (TPSA) is 217 Å². The van der Waals surface area contributed by atoms with Crippen molar-refractivity contribution in [3.05, 3.63) is 48.0 Å². The van der Waals surface area contributed by atoms with Crippen molar-refractivity contribution in [2.24, 2.45) is 5.73 Å². The lowest BCUT2D eigenvalue weighted by atomic mass is 9.98. The third kappa shape index (κ3) is 9.10. The van der Waals surface area contributed by atoms with Gasteiger partial charge in [0.05, 0.1) is 5.49 Å². The number of hydrogen-bond acceptors (Lipinski definition) is 9. The van der Waals surface area contributed by atoms with Gasteiger partial charge in [0.25, 0.3) is 5.24 Å². The van der Waals surface area contributed by atoms with Crippen LogP contribution in [0.4, 0.5) is 4.79 Å². The van der Waals surface area contributed by atoms with Crippen LogP contribution in [0.15, 0.2) is 42.5 Å². The number of thioether (sulfide) groups is 2. The maximum Gasteiger partial charge on any atom is 0.335 e. The van der Waals surface area contributed by atoms with Gasteiger partial charge in [0, 0.05) is 31.4 Å². The molecule has 2 aromatic rings. The molecule has 2 heterocycles. The van der Waals surface area contributed by atoms with Gasteiger partial charge in [-0.25, -0.2) is 0 Å². The Balaban J connectivity index is 1.51. The first kappa shape index (κ1) is 35.4. The van der Waals surface area contributed by atoms with Crippen molar-refractivity contribution in [3.63, 3.8) is 0 Å². The number of nitrogens with two attached hydrogens (primary N) is 1. The van der Waals surface area contributed by atoms with Crippen LogP contribution in [0.5, 0.6) is 0 Å². The van der Waals surface area contributed by atoms with Crippen molar-refractivity contribution in [2.75, 3.05) is 23.5 Å². The van der Waals surface area contributed by atoms with E-state index in [1.165, 1.54) is 4.90 Å². The molecule has 2 saturated heterocycles. The number of carbonyl (C=O) groups is 6. The van der Waals surface area contributed by atoms with Crippen molar-refractivity contribution in [3.8, 4) is 0 Å². The van der Waals surface area contributed by atoms with Gasteiger partial charge in [-0.3, -0.25) is 38.2 Å². The molecule has 0 aromatic heterocycles. The normalized spacial score (nSPS) is 19.8. The van der Waals surface area contributed by atoms with Crippen molar-refractivity contribution >= 4 is 76.7 Å². The number of piperidine rings is 1. The summed E-state index contributed by atoms with van der Waals surface area (Å²) in [6.07, 6.45) is 1.54. The summed E-state index contributed by atoms with van der Waals surface area (Å²) in [7, 11) is -4.45. The lowest BCUT2D eigenvalue weighted by Crippen LogP contribution is -2.61. The van der Waals surface area contributed by atoms with Gasteiger partial charge >= 0.3 is 7.60 Å². The molecule has 0 saturated carbocycles. The Morgan fingerprint density at radius 1 is 1.02 bits per heavy atom. The molecular weight excluding hydrogens is 657 g/mol. The SMILES string of the molecule is CC(=O)N1C(=O)SCC1C(=O)N[C@@H](CSCP(=O)(O)O)C(=O)N1CCCC[C@H]1C(=O)N[C@@H](Cc1ccc2ccccc2c1)C(N)=O. The van der Waals surface area contributed by atoms with Gasteiger partial charge in [-0.2, -0.15) is 0 Å². The molecular formula is C29H36N5O9PS2. The van der Waals surface area contributed by atoms with E-state index in [1.807, 2.05) is 42.5 Å². The standard InChI is InChI=1S/C29H36N5O9PS2/c1-17(35)34-24(15-46-29(34)40)27(38)32-22(14-45-16-44(41,42)43)28(39)33-11-5-4-8-23(33)26(37)31-21(25(30)36)13-18-9-10-19-6-2-3-7-20(19)12-18/h2-3,6-7,9-10,12,21-24H,4-5,8,11,13-16H2,1H3,(H2,30,36)(H,31,37)(H,32,38)(H2,41,42,43)/t21-,22-,23-,24?/m0/s1. The van der Waals surface area contributed by atoms with E-state index in [1.54, 1.807) is 0 Å². The summed E-state index contributed by atoms with van der Waals surface area (Å²) in [5, 5.41) is 6.59. The van der Waals surface area contributed by atoms with Crippen LogP contribution >= 0.6 is 31.1 Å². The zero-order chi connectivity index (χ0) is 33.6. The van der Waals surface area contributed by atoms with Crippen LogP contribution < -0.4 is 16.4 Å². The maximum absolute atomic E-state index is 13.9. The highest BCUT2D eigenvalue weighted by Gasteiger charge is 2.42. The average Bonchev–Trinajstić information content (AvgIpc) is 3.40. The van der Waals surface area contributed by atoms with Crippen LogP contribution in [0.1, 0.15) is 31.7 Å². The third-order valence-corrected chi connectivity index (χ3v) is 11.2. The highest BCUT2D eigenvalue weighted by molar-refractivity contribution is 8.14. The van der Waals surface area contributed by atoms with Gasteiger partial charge in [-0.1, -0.05) is 54.2 Å². The monoisotopic (exact) mass is 693 g/mol. The number of likely N-dealkylation sites (tertiary alicyclic amines) is 1. The summed E-state index contributed by atoms with van der Waals surface area (Å²) in [4.78, 5) is 98.0. The summed E-state index contributed by atoms with van der Waals surface area (Å²) < 4.78 is 11.5. The largest absolute Gasteiger partial charge is 0.368 e. The van der Waals surface area contributed by atoms with Crippen LogP contribution in [0.3, 0.4) is 0 Å². The third-order valence-electron chi connectivity index (χ3n) is 7.68. The fourth-order valence-corrected chi connectivity index (χ4v) is 8.29. The van der Waals surface area contributed by atoms with Crippen molar-refractivity contribution in [1.29, 1.82) is 0 Å². The first-order chi connectivity index (χ1) is 21.7. The van der Waals surface area contributed by atoms with Gasteiger partial charge in [-0.15, -0.1) is 11.8 Å². The fourth-order valence-electron chi connectivity index (χ4n) is 5.45. The number of benzene rings is 2. The number of fused-ring (bicyclic) bond motifs is 1. The Bertz CT molecular complexity index is 1570. The maximum atomic E-state index is 13.9. The first-order valence-electron chi connectivity index (χ1n) is 14.5. The second-order valence-electron chi connectivity index (χ2n) is 11.1. The van der Waals surface area contributed by atoms with Crippen LogP contribution in [-0.4, -0.2) is 102 Å². The number of nitrogens with zero attached hydrogens (tertiary/aromatic N) is 2. The van der Waals surface area contributed by atoms with Crippen LogP contribution in [0.25, 0.3) is 10.8 Å². The molecule has 17 heteroatoms. The quantitative estimate of drug-likeness (QED) is 0.199. The molecule has 6 amide bonds. The Morgan fingerprint density at radius 2 is 1.70 bits per heavy atom.